The van der Waals surface area contributed by atoms with Crippen LogP contribution in [0.15, 0.2) is 0 Å². The van der Waals surface area contributed by atoms with Gasteiger partial charge in [0.1, 0.15) is 0 Å². The van der Waals surface area contributed by atoms with Gasteiger partial charge in [0.05, 0.1) is 13.2 Å². The zero-order valence-corrected chi connectivity index (χ0v) is 10.3. The highest BCUT2D eigenvalue weighted by Gasteiger charge is 2.34. The summed E-state index contributed by atoms with van der Waals surface area (Å²) in [5.74, 6) is 0.772. The predicted molar refractivity (Wildman–Crippen MR) is 62.0 cm³/mol. The molecule has 0 radical (unpaired) electrons. The molecular weight excluding hydrogens is 188 g/mol. The maximum Gasteiger partial charge on any atom is 0.0554 e. The molecule has 15 heavy (non-hydrogen) atoms. The first kappa shape index (κ1) is 11.4. The van der Waals surface area contributed by atoms with Crippen molar-refractivity contribution in [2.45, 2.75) is 26.3 Å². The van der Waals surface area contributed by atoms with Crippen molar-refractivity contribution in [3.8, 4) is 0 Å². The summed E-state index contributed by atoms with van der Waals surface area (Å²) in [7, 11) is 2.22. The first-order valence-electron chi connectivity index (χ1n) is 6.09. The largest absolute Gasteiger partial charge is 0.380 e. The average Bonchev–Trinajstić information content (AvgIpc) is 2.14. The zero-order chi connectivity index (χ0) is 10.9. The topological polar surface area (TPSA) is 24.5 Å². The Balaban J connectivity index is 1.74. The summed E-state index contributed by atoms with van der Waals surface area (Å²) in [5, 5.41) is 3.73. The van der Waals surface area contributed by atoms with Gasteiger partial charge in [-0.2, -0.15) is 0 Å². The lowest BCUT2D eigenvalue weighted by Gasteiger charge is -2.42. The second-order valence-corrected chi connectivity index (χ2v) is 5.82. The second kappa shape index (κ2) is 4.40. The van der Waals surface area contributed by atoms with Gasteiger partial charge in [-0.3, -0.25) is 0 Å². The van der Waals surface area contributed by atoms with Gasteiger partial charge in [0, 0.05) is 24.5 Å². The monoisotopic (exact) mass is 212 g/mol. The molecule has 0 aromatic heterocycles. The van der Waals surface area contributed by atoms with E-state index in [1.807, 2.05) is 0 Å². The van der Waals surface area contributed by atoms with Gasteiger partial charge in [-0.05, 0) is 25.9 Å². The van der Waals surface area contributed by atoms with Crippen molar-refractivity contribution in [1.29, 1.82) is 0 Å². The molecular formula is C12H24N2O. The first-order valence-corrected chi connectivity index (χ1v) is 6.09. The third kappa shape index (κ3) is 2.71. The number of nitrogens with one attached hydrogen (secondary N) is 1. The molecule has 2 rings (SSSR count). The number of hydrogen-bond acceptors (Lipinski definition) is 3. The molecule has 2 heterocycles. The molecule has 2 aliphatic rings. The van der Waals surface area contributed by atoms with Crippen LogP contribution in [-0.2, 0) is 4.74 Å². The SMILES string of the molecule is CC1CN(C)CCC1NCC1(C)COC1. The van der Waals surface area contributed by atoms with E-state index in [-0.39, 0.29) is 0 Å². The maximum absolute atomic E-state index is 5.27. The number of likely N-dealkylation sites (tertiary alicyclic amines) is 1. The fourth-order valence-corrected chi connectivity index (χ4v) is 2.59. The molecule has 0 aromatic rings. The Hall–Kier alpha value is -0.120. The van der Waals surface area contributed by atoms with Gasteiger partial charge >= 0.3 is 0 Å². The molecule has 2 aliphatic heterocycles. The van der Waals surface area contributed by atoms with Gasteiger partial charge in [-0.1, -0.05) is 13.8 Å². The number of piperidine rings is 1. The van der Waals surface area contributed by atoms with E-state index in [2.05, 4.69) is 31.1 Å². The van der Waals surface area contributed by atoms with E-state index in [1.165, 1.54) is 19.5 Å². The van der Waals surface area contributed by atoms with E-state index in [9.17, 15) is 0 Å². The van der Waals surface area contributed by atoms with Gasteiger partial charge < -0.3 is 15.0 Å². The average molecular weight is 212 g/mol. The molecule has 3 heteroatoms. The number of hydrogen-bond donors (Lipinski definition) is 1. The first-order chi connectivity index (χ1) is 7.09. The summed E-state index contributed by atoms with van der Waals surface area (Å²) in [6.07, 6.45) is 1.29. The van der Waals surface area contributed by atoms with Crippen LogP contribution in [0.1, 0.15) is 20.3 Å². The molecule has 0 spiro atoms. The van der Waals surface area contributed by atoms with Crippen molar-refractivity contribution in [2.24, 2.45) is 11.3 Å². The molecule has 0 aromatic carbocycles. The van der Waals surface area contributed by atoms with Gasteiger partial charge in [0.15, 0.2) is 0 Å². The summed E-state index contributed by atoms with van der Waals surface area (Å²) in [6, 6.07) is 0.707. The highest BCUT2D eigenvalue weighted by atomic mass is 16.5. The van der Waals surface area contributed by atoms with Crippen LogP contribution in [0.5, 0.6) is 0 Å². The smallest absolute Gasteiger partial charge is 0.0554 e. The summed E-state index contributed by atoms with van der Waals surface area (Å²) < 4.78 is 5.27. The summed E-state index contributed by atoms with van der Waals surface area (Å²) >= 11 is 0. The fraction of sp³-hybridized carbons (Fsp3) is 1.00. The van der Waals surface area contributed by atoms with Crippen molar-refractivity contribution in [2.75, 3.05) is 39.9 Å². The zero-order valence-electron chi connectivity index (χ0n) is 10.3. The third-order valence-corrected chi connectivity index (χ3v) is 3.80. The highest BCUT2D eigenvalue weighted by molar-refractivity contribution is 4.87. The van der Waals surface area contributed by atoms with Gasteiger partial charge in [-0.15, -0.1) is 0 Å². The summed E-state index contributed by atoms with van der Waals surface area (Å²) in [6.45, 7) is 10.1. The highest BCUT2D eigenvalue weighted by Crippen LogP contribution is 2.26. The molecule has 2 atom stereocenters. The lowest BCUT2D eigenvalue weighted by molar-refractivity contribution is -0.101. The van der Waals surface area contributed by atoms with E-state index in [1.54, 1.807) is 0 Å². The van der Waals surface area contributed by atoms with Crippen molar-refractivity contribution in [3.05, 3.63) is 0 Å². The Morgan fingerprint density at radius 2 is 2.20 bits per heavy atom. The van der Waals surface area contributed by atoms with Crippen LogP contribution in [-0.4, -0.2) is 50.8 Å². The summed E-state index contributed by atoms with van der Waals surface area (Å²) in [4.78, 5) is 2.43. The molecule has 2 saturated heterocycles. The number of nitrogens with zero attached hydrogens (tertiary/aromatic N) is 1. The third-order valence-electron chi connectivity index (χ3n) is 3.80. The van der Waals surface area contributed by atoms with Crippen molar-refractivity contribution < 1.29 is 4.74 Å². The van der Waals surface area contributed by atoms with E-state index >= 15 is 0 Å². The molecule has 0 bridgehead atoms. The van der Waals surface area contributed by atoms with E-state index in [0.29, 0.717) is 11.5 Å². The number of rotatable bonds is 3. The molecule has 0 amide bonds. The van der Waals surface area contributed by atoms with Crippen LogP contribution in [0.25, 0.3) is 0 Å². The van der Waals surface area contributed by atoms with Gasteiger partial charge in [0.25, 0.3) is 0 Å². The van der Waals surface area contributed by atoms with Crippen LogP contribution in [0.2, 0.25) is 0 Å². The lowest BCUT2D eigenvalue weighted by atomic mass is 9.87. The van der Waals surface area contributed by atoms with Crippen molar-refractivity contribution in [1.82, 2.24) is 10.2 Å². The normalized spacial score (nSPS) is 36.2. The van der Waals surface area contributed by atoms with Crippen molar-refractivity contribution in [3.63, 3.8) is 0 Å². The molecule has 0 aliphatic carbocycles. The Kier molecular flexibility index (Phi) is 3.33. The molecule has 2 unspecified atom stereocenters. The van der Waals surface area contributed by atoms with Crippen LogP contribution in [0.4, 0.5) is 0 Å². The van der Waals surface area contributed by atoms with Crippen LogP contribution in [0, 0.1) is 11.3 Å². The van der Waals surface area contributed by atoms with Gasteiger partial charge in [-0.25, -0.2) is 0 Å². The molecule has 88 valence electrons. The second-order valence-electron chi connectivity index (χ2n) is 5.82. The van der Waals surface area contributed by atoms with E-state index in [4.69, 9.17) is 4.74 Å². The molecule has 1 N–H and O–H groups in total. The number of ether oxygens (including phenoxy) is 1. The van der Waals surface area contributed by atoms with Crippen LogP contribution in [0.3, 0.4) is 0 Å². The predicted octanol–water partition coefficient (Wildman–Crippen LogP) is 0.953. The Morgan fingerprint density at radius 3 is 2.73 bits per heavy atom. The minimum absolute atomic E-state index is 0.406. The Labute approximate surface area is 93.2 Å². The van der Waals surface area contributed by atoms with Crippen molar-refractivity contribution >= 4 is 0 Å². The van der Waals surface area contributed by atoms with Crippen LogP contribution < -0.4 is 5.32 Å². The maximum atomic E-state index is 5.27. The molecule has 0 saturated carbocycles. The van der Waals surface area contributed by atoms with Gasteiger partial charge in [0.2, 0.25) is 0 Å². The molecule has 2 fully saturated rings. The lowest BCUT2D eigenvalue weighted by Crippen LogP contribution is -2.53. The Morgan fingerprint density at radius 1 is 1.47 bits per heavy atom. The standard InChI is InChI=1S/C12H24N2O/c1-10-6-14(3)5-4-11(10)13-7-12(2)8-15-9-12/h10-11,13H,4-9H2,1-3H3. The minimum Gasteiger partial charge on any atom is -0.380 e. The van der Waals surface area contributed by atoms with E-state index in [0.717, 1.165) is 25.7 Å². The Bertz CT molecular complexity index is 216. The molecule has 3 nitrogen and oxygen atoms in total. The minimum atomic E-state index is 0.406. The fourth-order valence-electron chi connectivity index (χ4n) is 2.59. The quantitative estimate of drug-likeness (QED) is 0.754. The van der Waals surface area contributed by atoms with Crippen LogP contribution >= 0.6 is 0 Å². The summed E-state index contributed by atoms with van der Waals surface area (Å²) in [5.41, 5.74) is 0.406. The van der Waals surface area contributed by atoms with E-state index < -0.39 is 0 Å².